The fourth-order valence-corrected chi connectivity index (χ4v) is 3.08. The fraction of sp³-hybridized carbons (Fsp3) is 0.333. The number of carbonyl (C=O) groups is 2. The number of nitriles is 1. The lowest BCUT2D eigenvalue weighted by Crippen LogP contribution is -2.35. The summed E-state index contributed by atoms with van der Waals surface area (Å²) >= 11 is 0. The molecule has 2 atom stereocenters. The molecule has 1 aliphatic rings. The highest BCUT2D eigenvalue weighted by Crippen LogP contribution is 2.40. The summed E-state index contributed by atoms with van der Waals surface area (Å²) in [5.74, 6) is -4.16. The topological polar surface area (TPSA) is 143 Å². The minimum absolute atomic E-state index is 0.00972. The van der Waals surface area contributed by atoms with E-state index < -0.39 is 28.7 Å². The summed E-state index contributed by atoms with van der Waals surface area (Å²) in [6, 6.07) is 7.33. The predicted octanol–water partition coefficient (Wildman–Crippen LogP) is 2.58. The van der Waals surface area contributed by atoms with Crippen LogP contribution >= 0.6 is 0 Å². The van der Waals surface area contributed by atoms with Gasteiger partial charge in [0.15, 0.2) is 0 Å². The number of esters is 1. The molecular weight excluding hydrogens is 354 g/mol. The molecule has 0 aromatic heterocycles. The van der Waals surface area contributed by atoms with Gasteiger partial charge < -0.3 is 9.84 Å². The van der Waals surface area contributed by atoms with Crippen molar-refractivity contribution in [1.29, 1.82) is 5.26 Å². The zero-order chi connectivity index (χ0) is 20.1. The van der Waals surface area contributed by atoms with Crippen molar-refractivity contribution in [2.24, 2.45) is 10.9 Å². The summed E-state index contributed by atoms with van der Waals surface area (Å²) in [7, 11) is 0. The number of carboxylic acids is 1. The molecule has 140 valence electrons. The molecule has 0 amide bonds. The number of aliphatic carboxylic acids is 1. The molecule has 9 nitrogen and oxygen atoms in total. The number of rotatable bonds is 6. The fourth-order valence-electron chi connectivity index (χ4n) is 3.08. The van der Waals surface area contributed by atoms with Crippen LogP contribution in [-0.4, -0.2) is 34.3 Å². The monoisotopic (exact) mass is 371 g/mol. The van der Waals surface area contributed by atoms with Gasteiger partial charge in [0.2, 0.25) is 0 Å². The van der Waals surface area contributed by atoms with Gasteiger partial charge in [0.1, 0.15) is 12.5 Å². The van der Waals surface area contributed by atoms with Gasteiger partial charge in [-0.3, -0.25) is 19.9 Å². The lowest BCUT2D eigenvalue weighted by atomic mass is 9.75. The Morgan fingerprint density at radius 3 is 2.70 bits per heavy atom. The molecular formula is C18H17N3O6. The van der Waals surface area contributed by atoms with Crippen molar-refractivity contribution in [2.45, 2.75) is 26.2 Å². The van der Waals surface area contributed by atoms with Gasteiger partial charge in [-0.2, -0.15) is 5.26 Å². The number of non-ortho nitro benzene ring substituents is 1. The van der Waals surface area contributed by atoms with E-state index in [2.05, 4.69) is 4.99 Å². The van der Waals surface area contributed by atoms with Crippen molar-refractivity contribution in [1.82, 2.24) is 0 Å². The molecule has 9 heteroatoms. The second-order valence-electron chi connectivity index (χ2n) is 5.94. The SMILES string of the molecule is CC1=NC(C)=C(C(=O)OCCC#N)C(c2cccc([N+](=O)[O-])c2)C1C(=O)O. The molecule has 0 saturated heterocycles. The molecule has 1 aromatic carbocycles. The summed E-state index contributed by atoms with van der Waals surface area (Å²) in [6.45, 7) is 2.94. The van der Waals surface area contributed by atoms with Crippen LogP contribution < -0.4 is 0 Å². The highest BCUT2D eigenvalue weighted by molar-refractivity contribution is 6.06. The largest absolute Gasteiger partial charge is 0.481 e. The summed E-state index contributed by atoms with van der Waals surface area (Å²) in [4.78, 5) is 39.1. The van der Waals surface area contributed by atoms with Crippen molar-refractivity contribution in [3.05, 3.63) is 51.2 Å². The molecule has 0 bridgehead atoms. The third kappa shape index (κ3) is 4.17. The first-order valence-corrected chi connectivity index (χ1v) is 8.05. The van der Waals surface area contributed by atoms with E-state index in [1.54, 1.807) is 6.92 Å². The molecule has 1 N–H and O–H groups in total. The zero-order valence-corrected chi connectivity index (χ0v) is 14.7. The van der Waals surface area contributed by atoms with Gasteiger partial charge in [-0.1, -0.05) is 12.1 Å². The minimum Gasteiger partial charge on any atom is -0.481 e. The minimum atomic E-state index is -1.21. The summed E-state index contributed by atoms with van der Waals surface area (Å²) in [6.07, 6.45) is -0.00972. The van der Waals surface area contributed by atoms with E-state index in [-0.39, 0.29) is 35.7 Å². The average Bonchev–Trinajstić information content (AvgIpc) is 2.60. The molecule has 0 spiro atoms. The second kappa shape index (κ2) is 8.23. The zero-order valence-electron chi connectivity index (χ0n) is 14.7. The van der Waals surface area contributed by atoms with Crippen molar-refractivity contribution in [2.75, 3.05) is 6.61 Å². The van der Waals surface area contributed by atoms with Crippen LogP contribution in [0.4, 0.5) is 5.69 Å². The van der Waals surface area contributed by atoms with Crippen LogP contribution in [0.25, 0.3) is 0 Å². The standard InChI is InChI=1S/C18H17N3O6/c1-10-14(17(22)23)16(12-5-3-6-13(9-12)21(25)26)15(11(2)20-10)18(24)27-8-4-7-19/h3,5-6,9,14,16H,4,8H2,1-2H3,(H,22,23). The number of nitro groups is 1. The van der Waals surface area contributed by atoms with Gasteiger partial charge in [0, 0.05) is 29.5 Å². The van der Waals surface area contributed by atoms with Gasteiger partial charge in [0.05, 0.1) is 23.0 Å². The number of carboxylic acid groups (broad SMARTS) is 1. The Bertz CT molecular complexity index is 897. The predicted molar refractivity (Wildman–Crippen MR) is 94.0 cm³/mol. The van der Waals surface area contributed by atoms with E-state index in [1.165, 1.54) is 31.2 Å². The number of nitro benzene ring substituents is 1. The number of hydrogen-bond acceptors (Lipinski definition) is 7. The van der Waals surface area contributed by atoms with Crippen molar-refractivity contribution < 1.29 is 24.4 Å². The van der Waals surface area contributed by atoms with Crippen LogP contribution in [0.3, 0.4) is 0 Å². The Morgan fingerprint density at radius 2 is 2.11 bits per heavy atom. The molecule has 1 aromatic rings. The van der Waals surface area contributed by atoms with Crippen LogP contribution in [0.1, 0.15) is 31.7 Å². The van der Waals surface area contributed by atoms with Gasteiger partial charge in [-0.15, -0.1) is 0 Å². The van der Waals surface area contributed by atoms with E-state index in [1.807, 2.05) is 6.07 Å². The Morgan fingerprint density at radius 1 is 1.41 bits per heavy atom. The summed E-state index contributed by atoms with van der Waals surface area (Å²) in [5.41, 5.74) is 0.670. The van der Waals surface area contributed by atoms with Crippen molar-refractivity contribution in [3.63, 3.8) is 0 Å². The number of hydrogen-bond donors (Lipinski definition) is 1. The summed E-state index contributed by atoms with van der Waals surface area (Å²) in [5, 5.41) is 29.4. The number of ether oxygens (including phenoxy) is 1. The van der Waals surface area contributed by atoms with Crippen LogP contribution in [-0.2, 0) is 14.3 Å². The lowest BCUT2D eigenvalue weighted by Gasteiger charge is -2.30. The van der Waals surface area contributed by atoms with Gasteiger partial charge in [-0.25, -0.2) is 4.79 Å². The van der Waals surface area contributed by atoms with Crippen molar-refractivity contribution in [3.8, 4) is 6.07 Å². The first-order chi connectivity index (χ1) is 12.8. The van der Waals surface area contributed by atoms with E-state index in [0.717, 1.165) is 0 Å². The Hall–Kier alpha value is -3.54. The molecule has 0 aliphatic carbocycles. The number of nitrogens with zero attached hydrogens (tertiary/aromatic N) is 3. The van der Waals surface area contributed by atoms with Gasteiger partial charge in [0.25, 0.3) is 5.69 Å². The first-order valence-electron chi connectivity index (χ1n) is 8.05. The Kier molecular flexibility index (Phi) is 6.03. The molecule has 1 heterocycles. The Labute approximate surface area is 154 Å². The molecule has 0 radical (unpaired) electrons. The van der Waals surface area contributed by atoms with Crippen LogP contribution in [0.15, 0.2) is 40.5 Å². The number of allylic oxidation sites excluding steroid dienone is 1. The van der Waals surface area contributed by atoms with Gasteiger partial charge in [-0.05, 0) is 19.4 Å². The molecule has 0 saturated carbocycles. The highest BCUT2D eigenvalue weighted by Gasteiger charge is 2.42. The maximum absolute atomic E-state index is 12.6. The van der Waals surface area contributed by atoms with E-state index in [4.69, 9.17) is 10.00 Å². The molecule has 2 unspecified atom stereocenters. The Balaban J connectivity index is 2.58. The maximum atomic E-state index is 12.6. The third-order valence-corrected chi connectivity index (χ3v) is 4.20. The van der Waals surface area contributed by atoms with E-state index in [9.17, 15) is 24.8 Å². The third-order valence-electron chi connectivity index (χ3n) is 4.20. The molecule has 2 rings (SSSR count). The maximum Gasteiger partial charge on any atom is 0.336 e. The first kappa shape index (κ1) is 19.8. The van der Waals surface area contributed by atoms with Crippen LogP contribution in [0.5, 0.6) is 0 Å². The molecule has 27 heavy (non-hydrogen) atoms. The van der Waals surface area contributed by atoms with E-state index in [0.29, 0.717) is 5.56 Å². The normalized spacial score (nSPS) is 19.1. The number of aliphatic imine (C=N–C) groups is 1. The number of carbonyl (C=O) groups excluding carboxylic acids is 1. The smallest absolute Gasteiger partial charge is 0.336 e. The average molecular weight is 371 g/mol. The lowest BCUT2D eigenvalue weighted by molar-refractivity contribution is -0.384. The van der Waals surface area contributed by atoms with Crippen LogP contribution in [0.2, 0.25) is 0 Å². The quantitative estimate of drug-likeness (QED) is 0.350. The molecule has 0 fully saturated rings. The van der Waals surface area contributed by atoms with Gasteiger partial charge >= 0.3 is 11.9 Å². The van der Waals surface area contributed by atoms with E-state index >= 15 is 0 Å². The number of benzene rings is 1. The second-order valence-corrected chi connectivity index (χ2v) is 5.94. The van der Waals surface area contributed by atoms with Crippen molar-refractivity contribution >= 4 is 23.3 Å². The summed E-state index contributed by atoms with van der Waals surface area (Å²) < 4.78 is 5.07. The van der Waals surface area contributed by atoms with Crippen LogP contribution in [0, 0.1) is 27.4 Å². The highest BCUT2D eigenvalue weighted by atomic mass is 16.6. The molecule has 1 aliphatic heterocycles.